The maximum Gasteiger partial charge on any atom is 0.471 e. The van der Waals surface area contributed by atoms with Crippen LogP contribution in [0.1, 0.15) is 0 Å². The second-order valence-electron chi connectivity index (χ2n) is 4.63. The van der Waals surface area contributed by atoms with Crippen molar-refractivity contribution in [3.63, 3.8) is 0 Å². The van der Waals surface area contributed by atoms with Gasteiger partial charge in [0.2, 0.25) is 5.89 Å². The lowest BCUT2D eigenvalue weighted by Gasteiger charge is -2.07. The van der Waals surface area contributed by atoms with Gasteiger partial charge in [0.15, 0.2) is 5.58 Å². The highest BCUT2D eigenvalue weighted by Crippen LogP contribution is 2.31. The second-order valence-corrected chi connectivity index (χ2v) is 5.04. The smallest absolute Gasteiger partial charge is 0.436 e. The lowest BCUT2D eigenvalue weighted by molar-refractivity contribution is -0.167. The zero-order valence-corrected chi connectivity index (χ0v) is 12.1. The molecule has 0 saturated carbocycles. The summed E-state index contributed by atoms with van der Waals surface area (Å²) in [7, 11) is 0. The number of rotatable bonds is 2. The van der Waals surface area contributed by atoms with Crippen molar-refractivity contribution < 1.29 is 22.4 Å². The monoisotopic (exact) mass is 340 g/mol. The number of hydrogen-bond acceptors (Lipinski definition) is 3. The number of nitrogens with zero attached hydrogens (tertiary/aromatic N) is 1. The number of nitrogens with one attached hydrogen (secondary N) is 1. The number of fused-ring (bicyclic) bond motifs is 1. The Kier molecular flexibility index (Phi) is 3.73. The number of halogens is 4. The first-order chi connectivity index (χ1) is 10.8. The van der Waals surface area contributed by atoms with Crippen LogP contribution in [0, 0.1) is 0 Å². The summed E-state index contributed by atoms with van der Waals surface area (Å²) in [6.45, 7) is 0. The van der Waals surface area contributed by atoms with Crippen LogP contribution in [0.2, 0.25) is 5.02 Å². The number of carbonyl (C=O) groups is 1. The first-order valence-corrected chi connectivity index (χ1v) is 6.76. The van der Waals surface area contributed by atoms with Crippen molar-refractivity contribution in [2.24, 2.45) is 0 Å². The van der Waals surface area contributed by atoms with Crippen molar-refractivity contribution in [2.45, 2.75) is 6.18 Å². The Balaban J connectivity index is 1.96. The Labute approximate surface area is 132 Å². The Morgan fingerprint density at radius 3 is 2.61 bits per heavy atom. The number of hydrogen-bond donors (Lipinski definition) is 1. The molecule has 0 spiro atoms. The highest BCUT2D eigenvalue weighted by atomic mass is 35.5. The molecular weight excluding hydrogens is 333 g/mol. The summed E-state index contributed by atoms with van der Waals surface area (Å²) in [6, 6.07) is 10.9. The van der Waals surface area contributed by atoms with Crippen LogP contribution >= 0.6 is 11.6 Å². The fourth-order valence-corrected chi connectivity index (χ4v) is 2.17. The lowest BCUT2D eigenvalue weighted by Crippen LogP contribution is -2.29. The molecule has 1 N–H and O–H groups in total. The molecule has 3 aromatic rings. The molecule has 23 heavy (non-hydrogen) atoms. The predicted octanol–water partition coefficient (Wildman–Crippen LogP) is 4.65. The van der Waals surface area contributed by atoms with Crippen molar-refractivity contribution in [3.8, 4) is 11.5 Å². The topological polar surface area (TPSA) is 55.1 Å². The van der Waals surface area contributed by atoms with Gasteiger partial charge in [0.25, 0.3) is 0 Å². The Bertz CT molecular complexity index is 890. The number of alkyl halides is 3. The standard InChI is InChI=1S/C15H8ClF3N2O2/c16-10-4-2-1-3-9(10)13-21-11-7-8(5-6-12(11)23-13)20-14(22)15(17,18)19/h1-7H,(H,20,22). The molecular formula is C15H8ClF3N2O2. The second kappa shape index (κ2) is 5.58. The molecule has 0 bridgehead atoms. The van der Waals surface area contributed by atoms with Crippen molar-refractivity contribution in [1.29, 1.82) is 0 Å². The summed E-state index contributed by atoms with van der Waals surface area (Å²) in [5, 5.41) is 2.20. The summed E-state index contributed by atoms with van der Waals surface area (Å²) < 4.78 is 42.3. The Hall–Kier alpha value is -2.54. The molecule has 0 saturated heterocycles. The van der Waals surface area contributed by atoms with Crippen LogP contribution in [0.3, 0.4) is 0 Å². The van der Waals surface area contributed by atoms with E-state index in [-0.39, 0.29) is 11.6 Å². The highest BCUT2D eigenvalue weighted by Gasteiger charge is 2.38. The largest absolute Gasteiger partial charge is 0.471 e. The highest BCUT2D eigenvalue weighted by molar-refractivity contribution is 6.33. The summed E-state index contributed by atoms with van der Waals surface area (Å²) in [5.41, 5.74) is 1.20. The average molecular weight is 341 g/mol. The van der Waals surface area contributed by atoms with E-state index in [1.165, 1.54) is 18.2 Å². The van der Waals surface area contributed by atoms with Gasteiger partial charge in [0.05, 0.1) is 10.6 Å². The minimum Gasteiger partial charge on any atom is -0.436 e. The normalized spacial score (nSPS) is 11.7. The molecule has 0 unspecified atom stereocenters. The zero-order chi connectivity index (χ0) is 16.6. The maximum atomic E-state index is 12.3. The molecule has 8 heteroatoms. The molecule has 0 fully saturated rings. The summed E-state index contributed by atoms with van der Waals surface area (Å²) in [4.78, 5) is 15.1. The summed E-state index contributed by atoms with van der Waals surface area (Å²) in [6.07, 6.45) is -4.96. The molecule has 2 aromatic carbocycles. The van der Waals surface area contributed by atoms with Gasteiger partial charge in [-0.05, 0) is 30.3 Å². The van der Waals surface area contributed by atoms with Gasteiger partial charge in [-0.15, -0.1) is 0 Å². The number of amides is 1. The maximum absolute atomic E-state index is 12.3. The predicted molar refractivity (Wildman–Crippen MR) is 79.1 cm³/mol. The van der Waals surface area contributed by atoms with E-state index < -0.39 is 12.1 Å². The van der Waals surface area contributed by atoms with Gasteiger partial charge in [-0.3, -0.25) is 4.79 Å². The number of carbonyl (C=O) groups excluding carboxylic acids is 1. The molecule has 0 aliphatic heterocycles. The Morgan fingerprint density at radius 2 is 1.91 bits per heavy atom. The van der Waals surface area contributed by atoms with Crippen LogP contribution < -0.4 is 5.32 Å². The van der Waals surface area contributed by atoms with Crippen molar-refractivity contribution >= 4 is 34.3 Å². The van der Waals surface area contributed by atoms with Crippen molar-refractivity contribution in [1.82, 2.24) is 4.98 Å². The van der Waals surface area contributed by atoms with E-state index in [1.54, 1.807) is 29.6 Å². The molecule has 1 amide bonds. The van der Waals surface area contributed by atoms with Crippen LogP contribution in [0.5, 0.6) is 0 Å². The van der Waals surface area contributed by atoms with Crippen LogP contribution in [-0.4, -0.2) is 17.1 Å². The molecule has 0 atom stereocenters. The number of anilines is 1. The van der Waals surface area contributed by atoms with Gasteiger partial charge in [0, 0.05) is 5.69 Å². The molecule has 3 rings (SSSR count). The first kappa shape index (κ1) is 15.4. The zero-order valence-electron chi connectivity index (χ0n) is 11.3. The molecule has 1 heterocycles. The van der Waals surface area contributed by atoms with Gasteiger partial charge in [-0.1, -0.05) is 23.7 Å². The fourth-order valence-electron chi connectivity index (χ4n) is 1.96. The molecule has 0 aliphatic rings. The van der Waals surface area contributed by atoms with Gasteiger partial charge < -0.3 is 9.73 Å². The minimum absolute atomic E-state index is 0.0289. The summed E-state index contributed by atoms with van der Waals surface area (Å²) >= 11 is 6.05. The van der Waals surface area contributed by atoms with Gasteiger partial charge >= 0.3 is 12.1 Å². The summed E-state index contributed by atoms with van der Waals surface area (Å²) in [5.74, 6) is -1.81. The third-order valence-corrected chi connectivity index (χ3v) is 3.34. The van der Waals surface area contributed by atoms with E-state index in [9.17, 15) is 18.0 Å². The SMILES string of the molecule is O=C(Nc1ccc2oc(-c3ccccc3Cl)nc2c1)C(F)(F)F. The van der Waals surface area contributed by atoms with Crippen molar-refractivity contribution in [3.05, 3.63) is 47.5 Å². The Morgan fingerprint density at radius 1 is 1.17 bits per heavy atom. The van der Waals surface area contributed by atoms with E-state index in [4.69, 9.17) is 16.0 Å². The van der Waals surface area contributed by atoms with Crippen LogP contribution in [0.25, 0.3) is 22.6 Å². The minimum atomic E-state index is -4.96. The lowest BCUT2D eigenvalue weighted by atomic mass is 10.2. The molecule has 4 nitrogen and oxygen atoms in total. The quantitative estimate of drug-likeness (QED) is 0.738. The van der Waals surface area contributed by atoms with E-state index in [0.29, 0.717) is 21.7 Å². The van der Waals surface area contributed by atoms with Crippen molar-refractivity contribution in [2.75, 3.05) is 5.32 Å². The van der Waals surface area contributed by atoms with E-state index in [2.05, 4.69) is 4.98 Å². The first-order valence-electron chi connectivity index (χ1n) is 6.38. The van der Waals surface area contributed by atoms with E-state index in [0.717, 1.165) is 0 Å². The molecule has 118 valence electrons. The third kappa shape index (κ3) is 3.14. The third-order valence-electron chi connectivity index (χ3n) is 3.01. The average Bonchev–Trinajstić information content (AvgIpc) is 2.89. The molecule has 1 aromatic heterocycles. The van der Waals surface area contributed by atoms with E-state index >= 15 is 0 Å². The van der Waals surface area contributed by atoms with Gasteiger partial charge in [0.1, 0.15) is 5.52 Å². The fraction of sp³-hybridized carbons (Fsp3) is 0.0667. The number of oxazole rings is 1. The molecule has 0 radical (unpaired) electrons. The van der Waals surface area contributed by atoms with Crippen LogP contribution in [0.15, 0.2) is 46.9 Å². The van der Waals surface area contributed by atoms with Gasteiger partial charge in [-0.25, -0.2) is 4.98 Å². The number of benzene rings is 2. The molecule has 0 aliphatic carbocycles. The number of aromatic nitrogens is 1. The van der Waals surface area contributed by atoms with Crippen LogP contribution in [-0.2, 0) is 4.79 Å². The van der Waals surface area contributed by atoms with E-state index in [1.807, 2.05) is 0 Å². The van der Waals surface area contributed by atoms with Gasteiger partial charge in [-0.2, -0.15) is 13.2 Å². The van der Waals surface area contributed by atoms with Crippen LogP contribution in [0.4, 0.5) is 18.9 Å².